The molecule has 0 saturated heterocycles. The molecule has 62 valence electrons. The van der Waals surface area contributed by atoms with Gasteiger partial charge in [-0.25, -0.2) is 0 Å². The zero-order valence-corrected chi connectivity index (χ0v) is 12.1. The molecule has 0 aliphatic carbocycles. The summed E-state index contributed by atoms with van der Waals surface area (Å²) in [6.45, 7) is 2.27. The van der Waals surface area contributed by atoms with E-state index in [1.54, 1.807) is 6.91 Å². The summed E-state index contributed by atoms with van der Waals surface area (Å²) in [5, 5.41) is 1.45. The number of hydrogen-bond donors (Lipinski definition) is 0. The molecule has 11 heavy (non-hydrogen) atoms. The van der Waals surface area contributed by atoms with Crippen molar-refractivity contribution >= 4 is 55.4 Å². The fraction of sp³-hybridized carbons (Fsp3) is 0.500. The molecule has 0 nitrogen and oxygen atoms in total. The molecule has 1 heterocycles. The van der Waals surface area contributed by atoms with E-state index in [0.717, 1.165) is 29.5 Å². The average molecular weight is 392 g/mol. The molecule has 1 aromatic heterocycles. The van der Waals surface area contributed by atoms with E-state index in [4.69, 9.17) is 0 Å². The van der Waals surface area contributed by atoms with Gasteiger partial charge in [0.05, 0.1) is 0 Å². The fourth-order valence-corrected chi connectivity index (χ4v) is 8.08. The van der Waals surface area contributed by atoms with Crippen LogP contribution in [0.1, 0.15) is 19.8 Å². The summed E-state index contributed by atoms with van der Waals surface area (Å²) < 4.78 is 3.32. The van der Waals surface area contributed by atoms with Crippen LogP contribution < -0.4 is 3.34 Å². The summed E-state index contributed by atoms with van der Waals surface area (Å²) in [6, 6.07) is 2.28. The Kier molecular flexibility index (Phi) is 5.47. The molecule has 0 aliphatic rings. The molecule has 0 aliphatic heterocycles. The molecule has 0 unspecified atom stereocenters. The van der Waals surface area contributed by atoms with E-state index in [9.17, 15) is 0 Å². The predicted molar refractivity (Wildman–Crippen MR) is 61.2 cm³/mol. The zero-order valence-electron chi connectivity index (χ0n) is 6.47. The molecule has 0 radical (unpaired) electrons. The summed E-state index contributed by atoms with van der Waals surface area (Å²) in [4.78, 5) is 2.35. The van der Waals surface area contributed by atoms with Crippen molar-refractivity contribution in [3.63, 3.8) is 0 Å². The van der Waals surface area contributed by atoms with Crippen LogP contribution in [0.15, 0.2) is 11.0 Å². The molecule has 0 bridgehead atoms. The Hall–Kier alpha value is 1.25. The van der Waals surface area contributed by atoms with Crippen molar-refractivity contribution in [1.29, 1.82) is 0 Å². The molecule has 0 amide bonds. The van der Waals surface area contributed by atoms with Crippen molar-refractivity contribution in [1.82, 2.24) is 0 Å². The zero-order chi connectivity index (χ0) is 8.10. The number of halogens is 1. The molecular formula is C8H11ISe2. The first-order valence-electron chi connectivity index (χ1n) is 3.70. The molecule has 1 rings (SSSR count). The van der Waals surface area contributed by atoms with Gasteiger partial charge in [-0.05, 0) is 0 Å². The average Bonchev–Trinajstić information content (AvgIpc) is 2.37. The van der Waals surface area contributed by atoms with E-state index in [1.165, 1.54) is 18.2 Å². The van der Waals surface area contributed by atoms with Crippen molar-refractivity contribution in [2.24, 2.45) is 0 Å². The molecule has 0 spiro atoms. The third-order valence-electron chi connectivity index (χ3n) is 1.32. The second-order valence-corrected chi connectivity index (χ2v) is 8.97. The number of hydrogen-bond acceptors (Lipinski definition) is 0. The first-order chi connectivity index (χ1) is 5.34. The summed E-state index contributed by atoms with van der Waals surface area (Å²) >= 11 is 4.01. The van der Waals surface area contributed by atoms with Crippen molar-refractivity contribution in [3.05, 3.63) is 14.6 Å². The molecule has 0 fully saturated rings. The summed E-state index contributed by atoms with van der Waals surface area (Å²) in [5.74, 6) is 0. The minimum absolute atomic E-state index is 0.726. The SMILES string of the molecule is CCCC[Se]c1[se]ccc1I. The first-order valence-corrected chi connectivity index (χ1v) is 8.69. The Bertz CT molecular complexity index is 208. The maximum absolute atomic E-state index is 2.47. The number of rotatable bonds is 4. The summed E-state index contributed by atoms with van der Waals surface area (Å²) in [6.07, 6.45) is 2.77. The van der Waals surface area contributed by atoms with E-state index in [1.807, 2.05) is 0 Å². The summed E-state index contributed by atoms with van der Waals surface area (Å²) in [7, 11) is 0. The fourth-order valence-electron chi connectivity index (χ4n) is 0.692. The molecule has 3 heteroatoms. The van der Waals surface area contributed by atoms with Gasteiger partial charge in [-0.15, -0.1) is 0 Å². The van der Waals surface area contributed by atoms with Gasteiger partial charge in [-0.1, -0.05) is 0 Å². The third-order valence-corrected chi connectivity index (χ3v) is 9.72. The Labute approximate surface area is 94.2 Å². The van der Waals surface area contributed by atoms with Gasteiger partial charge in [0.15, 0.2) is 0 Å². The monoisotopic (exact) mass is 394 g/mol. The first kappa shape index (κ1) is 10.3. The van der Waals surface area contributed by atoms with Crippen LogP contribution in [0.2, 0.25) is 5.32 Å². The Balaban J connectivity index is 2.32. The van der Waals surface area contributed by atoms with Gasteiger partial charge >= 0.3 is 95.0 Å². The van der Waals surface area contributed by atoms with Gasteiger partial charge in [0.1, 0.15) is 0 Å². The summed E-state index contributed by atoms with van der Waals surface area (Å²) in [5.41, 5.74) is 0. The van der Waals surface area contributed by atoms with Crippen LogP contribution in [0.25, 0.3) is 0 Å². The van der Waals surface area contributed by atoms with Gasteiger partial charge in [0, 0.05) is 0 Å². The predicted octanol–water partition coefficient (Wildman–Crippen LogP) is 1.90. The van der Waals surface area contributed by atoms with Crippen molar-refractivity contribution < 1.29 is 0 Å². The van der Waals surface area contributed by atoms with Crippen molar-refractivity contribution in [3.8, 4) is 0 Å². The molecule has 0 N–H and O–H groups in total. The van der Waals surface area contributed by atoms with Crippen molar-refractivity contribution in [2.75, 3.05) is 0 Å². The second kappa shape index (κ2) is 5.82. The van der Waals surface area contributed by atoms with E-state index < -0.39 is 0 Å². The molecule has 1 aromatic rings. The van der Waals surface area contributed by atoms with Crippen LogP contribution in [0, 0.1) is 3.57 Å². The van der Waals surface area contributed by atoms with Gasteiger partial charge < -0.3 is 0 Å². The van der Waals surface area contributed by atoms with Gasteiger partial charge in [0.25, 0.3) is 0 Å². The quantitative estimate of drug-likeness (QED) is 0.418. The normalized spacial score (nSPS) is 10.4. The minimum atomic E-state index is 0.726. The van der Waals surface area contributed by atoms with Crippen LogP contribution in [-0.4, -0.2) is 29.5 Å². The van der Waals surface area contributed by atoms with Crippen LogP contribution in [-0.2, 0) is 0 Å². The van der Waals surface area contributed by atoms with Gasteiger partial charge in [-0.3, -0.25) is 0 Å². The molecule has 0 saturated carbocycles. The standard InChI is InChI=1S/C8H11ISe2/c1-2-3-5-10-8-7(9)4-6-11-8/h4,6H,2-3,5H2,1H3. The Morgan fingerprint density at radius 2 is 2.45 bits per heavy atom. The van der Waals surface area contributed by atoms with Crippen molar-refractivity contribution in [2.45, 2.75) is 25.1 Å². The van der Waals surface area contributed by atoms with E-state index in [0.29, 0.717) is 0 Å². The van der Waals surface area contributed by atoms with Gasteiger partial charge in [0.2, 0.25) is 0 Å². The molecule has 0 atom stereocenters. The van der Waals surface area contributed by atoms with Gasteiger partial charge in [-0.2, -0.15) is 0 Å². The van der Waals surface area contributed by atoms with Crippen LogP contribution in [0.5, 0.6) is 0 Å². The van der Waals surface area contributed by atoms with E-state index in [2.05, 4.69) is 40.5 Å². The van der Waals surface area contributed by atoms with E-state index in [-0.39, 0.29) is 0 Å². The van der Waals surface area contributed by atoms with Crippen LogP contribution in [0.4, 0.5) is 0 Å². The Morgan fingerprint density at radius 3 is 3.00 bits per heavy atom. The topological polar surface area (TPSA) is 0 Å². The second-order valence-electron chi connectivity index (χ2n) is 2.26. The maximum atomic E-state index is 2.47. The van der Waals surface area contributed by atoms with Crippen LogP contribution in [0.3, 0.4) is 0 Å². The number of unbranched alkanes of at least 4 members (excludes halogenated alkanes) is 1. The molecular weight excluding hydrogens is 381 g/mol. The van der Waals surface area contributed by atoms with E-state index >= 15 is 0 Å². The molecule has 0 aromatic carbocycles. The third kappa shape index (κ3) is 3.64. The Morgan fingerprint density at radius 1 is 1.64 bits per heavy atom. The van der Waals surface area contributed by atoms with Crippen LogP contribution >= 0.6 is 22.6 Å².